The molecule has 0 spiro atoms. The highest BCUT2D eigenvalue weighted by molar-refractivity contribution is 7.93. The van der Waals surface area contributed by atoms with E-state index in [0.717, 1.165) is 5.56 Å². The van der Waals surface area contributed by atoms with Crippen molar-refractivity contribution in [3.63, 3.8) is 0 Å². The van der Waals surface area contributed by atoms with Crippen LogP contribution in [0.1, 0.15) is 12.0 Å². The van der Waals surface area contributed by atoms with Gasteiger partial charge in [-0.1, -0.05) is 17.7 Å². The van der Waals surface area contributed by atoms with E-state index in [1.807, 2.05) is 6.92 Å². The van der Waals surface area contributed by atoms with Crippen LogP contribution in [-0.2, 0) is 19.4 Å². The molecule has 0 saturated carbocycles. The molecular formula is C13H14N2O4S. The number of sulfone groups is 1. The number of aryl methyl sites for hydroxylation is 1. The maximum atomic E-state index is 12.9. The van der Waals surface area contributed by atoms with Crippen molar-refractivity contribution in [2.24, 2.45) is 16.1 Å². The summed E-state index contributed by atoms with van der Waals surface area (Å²) in [7, 11) is -3.96. The molecule has 1 aromatic carbocycles. The Labute approximate surface area is 116 Å². The molecule has 2 aliphatic rings. The minimum absolute atomic E-state index is 0.0767. The summed E-state index contributed by atoms with van der Waals surface area (Å²) in [6.45, 7) is 2.33. The van der Waals surface area contributed by atoms with Crippen LogP contribution in [0.3, 0.4) is 0 Å². The van der Waals surface area contributed by atoms with E-state index in [0.29, 0.717) is 6.42 Å². The summed E-state index contributed by atoms with van der Waals surface area (Å²) in [5, 5.41) is 7.61. The van der Waals surface area contributed by atoms with Crippen molar-refractivity contribution in [2.45, 2.75) is 23.1 Å². The van der Waals surface area contributed by atoms with E-state index in [9.17, 15) is 13.2 Å². The molecule has 20 heavy (non-hydrogen) atoms. The molecule has 1 fully saturated rings. The van der Waals surface area contributed by atoms with E-state index in [1.165, 1.54) is 12.1 Å². The topological polar surface area (TPSA) is 85.2 Å². The summed E-state index contributed by atoms with van der Waals surface area (Å²) in [4.78, 5) is 10.3. The molecule has 2 atom stereocenters. The van der Waals surface area contributed by atoms with Crippen molar-refractivity contribution in [3.8, 4) is 0 Å². The molecule has 2 heterocycles. The predicted octanol–water partition coefficient (Wildman–Crippen LogP) is 1.49. The van der Waals surface area contributed by atoms with Gasteiger partial charge in [0.2, 0.25) is 9.84 Å². The Morgan fingerprint density at radius 3 is 2.70 bits per heavy atom. The number of hydrogen-bond donors (Lipinski definition) is 0. The first-order valence-electron chi connectivity index (χ1n) is 6.35. The Bertz CT molecular complexity index is 681. The van der Waals surface area contributed by atoms with Crippen molar-refractivity contribution in [1.82, 2.24) is 0 Å². The minimum atomic E-state index is -3.96. The zero-order valence-electron chi connectivity index (χ0n) is 10.9. The highest BCUT2D eigenvalue weighted by atomic mass is 32.2. The Morgan fingerprint density at radius 2 is 2.00 bits per heavy atom. The first-order valence-corrected chi connectivity index (χ1v) is 7.84. The monoisotopic (exact) mass is 294 g/mol. The number of carbonyl (C=O) groups excluding carboxylic acids is 1. The zero-order valence-corrected chi connectivity index (χ0v) is 11.8. The van der Waals surface area contributed by atoms with Gasteiger partial charge in [-0.05, 0) is 25.5 Å². The van der Waals surface area contributed by atoms with Gasteiger partial charge in [-0.15, -0.1) is 0 Å². The van der Waals surface area contributed by atoms with Crippen LogP contribution in [0, 0.1) is 12.8 Å². The van der Waals surface area contributed by atoms with Crippen molar-refractivity contribution in [2.75, 3.05) is 13.2 Å². The van der Waals surface area contributed by atoms with Gasteiger partial charge in [-0.25, -0.2) is 13.2 Å². The van der Waals surface area contributed by atoms with Gasteiger partial charge in [0.25, 0.3) is 4.87 Å². The van der Waals surface area contributed by atoms with E-state index in [4.69, 9.17) is 4.74 Å². The van der Waals surface area contributed by atoms with Gasteiger partial charge in [-0.2, -0.15) is 10.2 Å². The average Bonchev–Trinajstić information content (AvgIpc) is 2.86. The smallest absolute Gasteiger partial charge is 0.352 e. The Morgan fingerprint density at radius 1 is 1.30 bits per heavy atom. The molecule has 0 amide bonds. The van der Waals surface area contributed by atoms with Crippen LogP contribution >= 0.6 is 0 Å². The summed E-state index contributed by atoms with van der Waals surface area (Å²) in [6, 6.07) is 6.37. The van der Waals surface area contributed by atoms with Crippen LogP contribution < -0.4 is 0 Å². The van der Waals surface area contributed by atoms with E-state index in [-0.39, 0.29) is 18.0 Å². The Balaban J connectivity index is 2.16. The third-order valence-electron chi connectivity index (χ3n) is 3.81. The minimum Gasteiger partial charge on any atom is -0.463 e. The van der Waals surface area contributed by atoms with Crippen LogP contribution in [0.5, 0.6) is 0 Å². The summed E-state index contributed by atoms with van der Waals surface area (Å²) < 4.78 is 30.7. The molecule has 0 radical (unpaired) electrons. The van der Waals surface area contributed by atoms with Crippen LogP contribution in [-0.4, -0.2) is 32.4 Å². The molecular weight excluding hydrogens is 280 g/mol. The molecule has 7 heteroatoms. The molecule has 0 aromatic heterocycles. The summed E-state index contributed by atoms with van der Waals surface area (Å²) in [6.07, 6.45) is 0.462. The third kappa shape index (κ3) is 1.62. The second kappa shape index (κ2) is 4.37. The summed E-state index contributed by atoms with van der Waals surface area (Å²) in [5.74, 6) is -1.24. The van der Waals surface area contributed by atoms with Gasteiger partial charge in [-0.3, -0.25) is 0 Å². The average molecular weight is 294 g/mol. The number of azo groups is 1. The maximum Gasteiger partial charge on any atom is 0.352 e. The largest absolute Gasteiger partial charge is 0.463 e. The number of ether oxygens (including phenoxy) is 1. The lowest BCUT2D eigenvalue weighted by Gasteiger charge is -2.32. The molecule has 3 rings (SSSR count). The van der Waals surface area contributed by atoms with Gasteiger partial charge >= 0.3 is 5.97 Å². The van der Waals surface area contributed by atoms with Crippen molar-refractivity contribution in [3.05, 3.63) is 29.8 Å². The van der Waals surface area contributed by atoms with Gasteiger partial charge < -0.3 is 4.74 Å². The SMILES string of the molecule is Cc1ccc(S(=O)(=O)[C@]23N=NC[C@H]2CCOC3=O)cc1. The van der Waals surface area contributed by atoms with E-state index in [2.05, 4.69) is 10.2 Å². The Hall–Kier alpha value is -1.76. The van der Waals surface area contributed by atoms with Crippen LogP contribution in [0.15, 0.2) is 39.4 Å². The quantitative estimate of drug-likeness (QED) is 0.773. The number of fused-ring (bicyclic) bond motifs is 1. The van der Waals surface area contributed by atoms with Gasteiger partial charge in [0.1, 0.15) is 0 Å². The molecule has 0 bridgehead atoms. The first kappa shape index (κ1) is 13.2. The molecule has 0 unspecified atom stereocenters. The van der Waals surface area contributed by atoms with Gasteiger partial charge in [0.15, 0.2) is 0 Å². The standard InChI is InChI=1S/C13H14N2O4S/c1-9-2-4-11(5-3-9)20(17,18)13-10(8-14-15-13)6-7-19-12(13)16/h2-5,10H,6-8H2,1H3/t10-,13-/m1/s1. The molecule has 1 aromatic rings. The van der Waals surface area contributed by atoms with Crippen molar-refractivity contribution in [1.29, 1.82) is 0 Å². The zero-order chi connectivity index (χ0) is 14.4. The number of nitrogens with zero attached hydrogens (tertiary/aromatic N) is 2. The second-order valence-corrected chi connectivity index (χ2v) is 7.16. The number of carbonyl (C=O) groups is 1. The Kier molecular flexibility index (Phi) is 2.89. The van der Waals surface area contributed by atoms with Gasteiger partial charge in [0, 0.05) is 5.92 Å². The molecule has 0 aliphatic carbocycles. The lowest BCUT2D eigenvalue weighted by Crippen LogP contribution is -2.53. The lowest BCUT2D eigenvalue weighted by atomic mass is 9.95. The van der Waals surface area contributed by atoms with Crippen LogP contribution in [0.2, 0.25) is 0 Å². The second-order valence-electron chi connectivity index (χ2n) is 5.06. The highest BCUT2D eigenvalue weighted by Crippen LogP contribution is 2.43. The number of esters is 1. The number of rotatable bonds is 2. The first-order chi connectivity index (χ1) is 9.48. The number of hydrogen-bond acceptors (Lipinski definition) is 6. The predicted molar refractivity (Wildman–Crippen MR) is 69.9 cm³/mol. The highest BCUT2D eigenvalue weighted by Gasteiger charge is 2.63. The van der Waals surface area contributed by atoms with E-state index >= 15 is 0 Å². The van der Waals surface area contributed by atoms with E-state index in [1.54, 1.807) is 12.1 Å². The van der Waals surface area contributed by atoms with E-state index < -0.39 is 26.6 Å². The van der Waals surface area contributed by atoms with Crippen LogP contribution in [0.4, 0.5) is 0 Å². The number of cyclic esters (lactones) is 1. The fourth-order valence-electron chi connectivity index (χ4n) is 2.62. The van der Waals surface area contributed by atoms with Crippen molar-refractivity contribution >= 4 is 15.8 Å². The summed E-state index contributed by atoms with van der Waals surface area (Å²) in [5.41, 5.74) is 0.942. The normalized spacial score (nSPS) is 29.1. The van der Waals surface area contributed by atoms with Crippen molar-refractivity contribution < 1.29 is 17.9 Å². The molecule has 106 valence electrons. The fourth-order valence-corrected chi connectivity index (χ4v) is 4.55. The molecule has 2 aliphatic heterocycles. The molecule has 6 nitrogen and oxygen atoms in total. The lowest BCUT2D eigenvalue weighted by molar-refractivity contribution is -0.152. The maximum absolute atomic E-state index is 12.9. The third-order valence-corrected chi connectivity index (χ3v) is 6.10. The van der Waals surface area contributed by atoms with Gasteiger partial charge in [0.05, 0.1) is 18.0 Å². The number of benzene rings is 1. The molecule has 0 N–H and O–H groups in total. The molecule has 1 saturated heterocycles. The van der Waals surface area contributed by atoms with Crippen LogP contribution in [0.25, 0.3) is 0 Å². The fraction of sp³-hybridized carbons (Fsp3) is 0.462. The summed E-state index contributed by atoms with van der Waals surface area (Å²) >= 11 is 0.